The molecule has 1 rings (SSSR count). The number of rotatable bonds is 25. The standard InChI is InChI=1S/C31H63N/c1-4-6-8-10-12-13-14-15-16-17-18-19-20-22-24-26-28-31(29-32(3)30-31)27-25-23-21-11-9-7-5-2/h4-30H2,1-3H3. The molecule has 0 atom stereocenters. The van der Waals surface area contributed by atoms with Crippen LogP contribution in [0, 0.1) is 5.41 Å². The van der Waals surface area contributed by atoms with Gasteiger partial charge in [0, 0.05) is 13.1 Å². The van der Waals surface area contributed by atoms with Crippen molar-refractivity contribution in [3.05, 3.63) is 0 Å². The van der Waals surface area contributed by atoms with Crippen molar-refractivity contribution in [1.82, 2.24) is 4.90 Å². The van der Waals surface area contributed by atoms with E-state index in [1.165, 1.54) is 174 Å². The molecular formula is C31H63N. The van der Waals surface area contributed by atoms with Gasteiger partial charge in [0.15, 0.2) is 0 Å². The van der Waals surface area contributed by atoms with E-state index >= 15 is 0 Å². The summed E-state index contributed by atoms with van der Waals surface area (Å²) >= 11 is 0. The smallest absolute Gasteiger partial charge is 0.00474 e. The van der Waals surface area contributed by atoms with Crippen LogP contribution in [0.5, 0.6) is 0 Å². The normalized spacial score (nSPS) is 15.8. The molecule has 1 aliphatic rings. The van der Waals surface area contributed by atoms with Gasteiger partial charge in [0.25, 0.3) is 0 Å². The SMILES string of the molecule is CCCCCCCCCCCCCCCCCCC1(CCCCCCCCC)CN(C)C1. The molecule has 0 aromatic rings. The van der Waals surface area contributed by atoms with Crippen LogP contribution in [-0.4, -0.2) is 25.0 Å². The first-order chi connectivity index (χ1) is 15.7. The Morgan fingerprint density at radius 3 is 0.906 bits per heavy atom. The first-order valence-electron chi connectivity index (χ1n) is 15.4. The average molecular weight is 450 g/mol. The Morgan fingerprint density at radius 1 is 0.406 bits per heavy atom. The number of hydrogen-bond acceptors (Lipinski definition) is 1. The lowest BCUT2D eigenvalue weighted by atomic mass is 9.72. The lowest BCUT2D eigenvalue weighted by molar-refractivity contribution is 0.00256. The van der Waals surface area contributed by atoms with Gasteiger partial charge < -0.3 is 4.90 Å². The van der Waals surface area contributed by atoms with Crippen LogP contribution in [0.1, 0.15) is 174 Å². The highest BCUT2D eigenvalue weighted by atomic mass is 15.2. The summed E-state index contributed by atoms with van der Waals surface area (Å²) in [7, 11) is 2.32. The van der Waals surface area contributed by atoms with Gasteiger partial charge in [0.05, 0.1) is 0 Å². The van der Waals surface area contributed by atoms with Crippen molar-refractivity contribution in [2.24, 2.45) is 5.41 Å². The molecular weight excluding hydrogens is 386 g/mol. The minimum Gasteiger partial charge on any atom is -0.305 e. The van der Waals surface area contributed by atoms with Crippen LogP contribution in [0.25, 0.3) is 0 Å². The molecule has 0 aromatic carbocycles. The van der Waals surface area contributed by atoms with Crippen molar-refractivity contribution in [1.29, 1.82) is 0 Å². The van der Waals surface area contributed by atoms with Gasteiger partial charge in [0.2, 0.25) is 0 Å². The molecule has 192 valence electrons. The molecule has 0 bridgehead atoms. The minimum atomic E-state index is 0.703. The average Bonchev–Trinajstić information content (AvgIpc) is 2.77. The van der Waals surface area contributed by atoms with E-state index in [0.29, 0.717) is 5.41 Å². The fourth-order valence-electron chi connectivity index (χ4n) is 6.05. The van der Waals surface area contributed by atoms with E-state index in [0.717, 1.165) is 0 Å². The van der Waals surface area contributed by atoms with Gasteiger partial charge >= 0.3 is 0 Å². The Labute approximate surface area is 204 Å². The second-order valence-electron chi connectivity index (χ2n) is 11.6. The maximum Gasteiger partial charge on any atom is 0.00474 e. The highest BCUT2D eigenvalue weighted by Gasteiger charge is 2.39. The second-order valence-corrected chi connectivity index (χ2v) is 11.6. The van der Waals surface area contributed by atoms with E-state index in [1.807, 2.05) is 0 Å². The minimum absolute atomic E-state index is 0.703. The van der Waals surface area contributed by atoms with Crippen molar-refractivity contribution in [2.45, 2.75) is 174 Å². The molecule has 32 heavy (non-hydrogen) atoms. The van der Waals surface area contributed by atoms with Gasteiger partial charge in [-0.2, -0.15) is 0 Å². The maximum atomic E-state index is 2.55. The van der Waals surface area contributed by atoms with Crippen molar-refractivity contribution in [3.8, 4) is 0 Å². The fraction of sp³-hybridized carbons (Fsp3) is 1.00. The van der Waals surface area contributed by atoms with E-state index in [-0.39, 0.29) is 0 Å². The molecule has 0 saturated carbocycles. The molecule has 1 heteroatoms. The van der Waals surface area contributed by atoms with Gasteiger partial charge in [-0.05, 0) is 25.3 Å². The molecule has 1 saturated heterocycles. The summed E-state index contributed by atoms with van der Waals surface area (Å²) in [6.07, 6.45) is 36.8. The first kappa shape index (κ1) is 30.0. The zero-order chi connectivity index (χ0) is 23.2. The van der Waals surface area contributed by atoms with Crippen LogP contribution < -0.4 is 0 Å². The zero-order valence-electron chi connectivity index (χ0n) is 23.0. The summed E-state index contributed by atoms with van der Waals surface area (Å²) in [5.74, 6) is 0. The molecule has 0 unspecified atom stereocenters. The number of unbranched alkanes of at least 4 members (excludes halogenated alkanes) is 21. The Hall–Kier alpha value is -0.0400. The highest BCUT2D eigenvalue weighted by molar-refractivity contribution is 4.93. The quantitative estimate of drug-likeness (QED) is 0.125. The Kier molecular flexibility index (Phi) is 20.1. The van der Waals surface area contributed by atoms with Crippen LogP contribution in [0.15, 0.2) is 0 Å². The third kappa shape index (κ3) is 16.6. The van der Waals surface area contributed by atoms with Crippen molar-refractivity contribution < 1.29 is 0 Å². The van der Waals surface area contributed by atoms with Crippen LogP contribution in [0.4, 0.5) is 0 Å². The first-order valence-corrected chi connectivity index (χ1v) is 15.4. The predicted octanol–water partition coefficient (Wildman–Crippen LogP) is 10.7. The Balaban J connectivity index is 1.86. The third-order valence-electron chi connectivity index (χ3n) is 8.08. The van der Waals surface area contributed by atoms with E-state index in [4.69, 9.17) is 0 Å². The Morgan fingerprint density at radius 2 is 0.656 bits per heavy atom. The van der Waals surface area contributed by atoms with E-state index in [2.05, 4.69) is 25.8 Å². The monoisotopic (exact) mass is 449 g/mol. The highest BCUT2D eigenvalue weighted by Crippen LogP contribution is 2.40. The van der Waals surface area contributed by atoms with Crippen LogP contribution in [0.3, 0.4) is 0 Å². The van der Waals surface area contributed by atoms with Gasteiger partial charge in [0.1, 0.15) is 0 Å². The predicted molar refractivity (Wildman–Crippen MR) is 147 cm³/mol. The molecule has 0 aliphatic carbocycles. The number of nitrogens with zero attached hydrogens (tertiary/aromatic N) is 1. The van der Waals surface area contributed by atoms with Gasteiger partial charge in [-0.25, -0.2) is 0 Å². The van der Waals surface area contributed by atoms with Crippen molar-refractivity contribution in [2.75, 3.05) is 20.1 Å². The topological polar surface area (TPSA) is 3.24 Å². The van der Waals surface area contributed by atoms with E-state index < -0.39 is 0 Å². The molecule has 0 spiro atoms. The van der Waals surface area contributed by atoms with Gasteiger partial charge in [-0.3, -0.25) is 0 Å². The number of hydrogen-bond donors (Lipinski definition) is 0. The van der Waals surface area contributed by atoms with Gasteiger partial charge in [-0.15, -0.1) is 0 Å². The lowest BCUT2D eigenvalue weighted by Gasteiger charge is -2.49. The molecule has 0 N–H and O–H groups in total. The van der Waals surface area contributed by atoms with Crippen molar-refractivity contribution >= 4 is 0 Å². The number of likely N-dealkylation sites (tertiary alicyclic amines) is 1. The largest absolute Gasteiger partial charge is 0.305 e. The molecule has 0 amide bonds. The summed E-state index contributed by atoms with van der Waals surface area (Å²) < 4.78 is 0. The molecule has 0 radical (unpaired) electrons. The zero-order valence-corrected chi connectivity index (χ0v) is 23.0. The molecule has 1 aliphatic heterocycles. The van der Waals surface area contributed by atoms with E-state index in [9.17, 15) is 0 Å². The summed E-state index contributed by atoms with van der Waals surface area (Å²) in [6, 6.07) is 0. The summed E-state index contributed by atoms with van der Waals surface area (Å²) in [6.45, 7) is 7.38. The summed E-state index contributed by atoms with van der Waals surface area (Å²) in [5, 5.41) is 0. The molecule has 1 nitrogen and oxygen atoms in total. The summed E-state index contributed by atoms with van der Waals surface area (Å²) in [5.41, 5.74) is 0.703. The van der Waals surface area contributed by atoms with E-state index in [1.54, 1.807) is 0 Å². The third-order valence-corrected chi connectivity index (χ3v) is 8.08. The molecule has 1 heterocycles. The molecule has 1 fully saturated rings. The fourth-order valence-corrected chi connectivity index (χ4v) is 6.05. The Bertz CT molecular complexity index is 371. The van der Waals surface area contributed by atoms with Crippen LogP contribution in [-0.2, 0) is 0 Å². The second kappa shape index (κ2) is 21.5. The lowest BCUT2D eigenvalue weighted by Crippen LogP contribution is -2.54. The van der Waals surface area contributed by atoms with Crippen LogP contribution >= 0.6 is 0 Å². The van der Waals surface area contributed by atoms with Crippen LogP contribution in [0.2, 0.25) is 0 Å². The summed E-state index contributed by atoms with van der Waals surface area (Å²) in [4.78, 5) is 2.55. The molecule has 0 aromatic heterocycles. The van der Waals surface area contributed by atoms with Gasteiger partial charge in [-0.1, -0.05) is 162 Å². The van der Waals surface area contributed by atoms with Crippen molar-refractivity contribution in [3.63, 3.8) is 0 Å². The maximum absolute atomic E-state index is 2.55.